The Hall–Kier alpha value is -7.15. The first kappa shape index (κ1) is 61.4. The zero-order chi connectivity index (χ0) is 56.1. The summed E-state index contributed by atoms with van der Waals surface area (Å²) in [4.78, 5) is 137. The smallest absolute Gasteiger partial charge is 0.326 e. The molecule has 2 saturated heterocycles. The molecule has 1 aromatic carbocycles. The van der Waals surface area contributed by atoms with Crippen LogP contribution < -0.4 is 49.1 Å². The fourth-order valence-corrected chi connectivity index (χ4v) is 9.21. The van der Waals surface area contributed by atoms with Crippen LogP contribution in [0.25, 0.3) is 0 Å². The number of hydrogen-bond acceptors (Lipinski definition) is 13. The van der Waals surface area contributed by atoms with Crippen molar-refractivity contribution in [2.24, 2.45) is 34.0 Å². The van der Waals surface area contributed by atoms with Gasteiger partial charge in [-0.1, -0.05) is 77.8 Å². The largest absolute Gasteiger partial charge is 0.480 e. The summed E-state index contributed by atoms with van der Waals surface area (Å²) >= 11 is 0. The highest BCUT2D eigenvalue weighted by molar-refractivity contribution is 5.98. The topological polar surface area (TPSA) is 392 Å². The number of nitrogens with two attached hydrogens (primary N) is 3. The number of hydrogen-bond donors (Lipinski definition) is 12. The van der Waals surface area contributed by atoms with Crippen molar-refractivity contribution in [3.8, 4) is 0 Å². The molecule has 8 amide bonds. The molecule has 76 heavy (non-hydrogen) atoms. The maximum atomic E-state index is 14.3. The number of guanidine groups is 1. The Balaban J connectivity index is 1.50. The molecule has 420 valence electrons. The van der Waals surface area contributed by atoms with E-state index in [1.165, 1.54) is 22.3 Å². The molecule has 15 N–H and O–H groups in total. The average Bonchev–Trinajstić information content (AvgIpc) is 4.20. The van der Waals surface area contributed by atoms with E-state index in [9.17, 15) is 53.4 Å². The van der Waals surface area contributed by atoms with Crippen LogP contribution in [0.2, 0.25) is 0 Å². The summed E-state index contributed by atoms with van der Waals surface area (Å²) in [6.45, 7) is 8.58. The first-order valence-electron chi connectivity index (χ1n) is 26.2. The summed E-state index contributed by atoms with van der Waals surface area (Å²) < 4.78 is 0. The summed E-state index contributed by atoms with van der Waals surface area (Å²) in [5, 5.41) is 36.3. The minimum atomic E-state index is -1.69. The van der Waals surface area contributed by atoms with E-state index in [0.717, 1.165) is 12.8 Å². The van der Waals surface area contributed by atoms with Crippen molar-refractivity contribution >= 4 is 59.2 Å². The minimum absolute atomic E-state index is 0.00759. The van der Waals surface area contributed by atoms with Gasteiger partial charge in [-0.05, 0) is 68.8 Å². The maximum Gasteiger partial charge on any atom is 0.326 e. The van der Waals surface area contributed by atoms with Crippen molar-refractivity contribution in [3.63, 3.8) is 0 Å². The Morgan fingerprint density at radius 2 is 1.29 bits per heavy atom. The van der Waals surface area contributed by atoms with Gasteiger partial charge < -0.3 is 74.1 Å². The second-order valence-corrected chi connectivity index (χ2v) is 20.2. The lowest BCUT2D eigenvalue weighted by molar-refractivity contribution is -0.145. The Bertz CT molecular complexity index is 2300. The maximum absolute atomic E-state index is 14.3. The third kappa shape index (κ3) is 18.6. The van der Waals surface area contributed by atoms with Crippen LogP contribution in [0.4, 0.5) is 0 Å². The Kier molecular flexibility index (Phi) is 24.6. The summed E-state index contributed by atoms with van der Waals surface area (Å²) in [5.41, 5.74) is 18.3. The number of aliphatic hydroxyl groups excluding tert-OH is 1. The van der Waals surface area contributed by atoms with E-state index < -0.39 is 114 Å². The van der Waals surface area contributed by atoms with Crippen LogP contribution in [0.3, 0.4) is 0 Å². The number of aromatic nitrogens is 2. The number of carbonyl (C=O) groups excluding carboxylic acids is 8. The molecular weight excluding hydrogens is 985 g/mol. The van der Waals surface area contributed by atoms with Gasteiger partial charge in [-0.25, -0.2) is 9.78 Å². The lowest BCUT2D eigenvalue weighted by atomic mass is 10.0. The first-order chi connectivity index (χ1) is 36.1. The molecule has 2 aromatic rings. The number of aliphatic hydroxyl groups is 1. The van der Waals surface area contributed by atoms with E-state index in [0.29, 0.717) is 43.5 Å². The molecule has 2 aliphatic rings. The van der Waals surface area contributed by atoms with Gasteiger partial charge in [-0.15, -0.1) is 0 Å². The molecule has 0 spiro atoms. The van der Waals surface area contributed by atoms with E-state index in [1.54, 1.807) is 44.2 Å². The SMILES string of the molecule is CCCC[C@H](N)C(=O)N1CCC[C@H]1C(=O)N[C@@H](CC(C)C)C(=O)N[C@@H](Cc1cnc[nH]1)C(=O)N[C@@H](CO)C(=O)N[C@@H](CCCN=C(N)N)C(=O)N[C@H](C(=O)N1CCC[C@H]1C(=O)N[C@@H](Cc1ccccc1)C(=O)O)C(C)C. The van der Waals surface area contributed by atoms with E-state index in [1.807, 2.05) is 20.8 Å². The number of H-pyrrole nitrogens is 1. The quantitative estimate of drug-likeness (QED) is 0.0239. The van der Waals surface area contributed by atoms with Gasteiger partial charge in [-0.2, -0.15) is 0 Å². The summed E-state index contributed by atoms with van der Waals surface area (Å²) in [7, 11) is 0. The molecule has 25 nitrogen and oxygen atoms in total. The molecule has 25 heteroatoms. The number of carbonyl (C=O) groups is 9. The molecule has 0 saturated carbocycles. The van der Waals surface area contributed by atoms with Crippen LogP contribution in [-0.4, -0.2) is 170 Å². The average molecular weight is 1070 g/mol. The Morgan fingerprint density at radius 1 is 0.724 bits per heavy atom. The van der Waals surface area contributed by atoms with Gasteiger partial charge in [0.1, 0.15) is 48.3 Å². The van der Waals surface area contributed by atoms with Gasteiger partial charge in [0, 0.05) is 44.4 Å². The third-order valence-corrected chi connectivity index (χ3v) is 13.3. The molecule has 2 aliphatic heterocycles. The summed E-state index contributed by atoms with van der Waals surface area (Å²) in [6.07, 6.45) is 6.48. The van der Waals surface area contributed by atoms with Crippen LogP contribution in [0.15, 0.2) is 47.8 Å². The van der Waals surface area contributed by atoms with Crippen LogP contribution in [0.5, 0.6) is 0 Å². The van der Waals surface area contributed by atoms with Gasteiger partial charge in [-0.3, -0.25) is 43.3 Å². The number of carboxylic acids is 1. The van der Waals surface area contributed by atoms with Gasteiger partial charge in [0.25, 0.3) is 0 Å². The van der Waals surface area contributed by atoms with Crippen molar-refractivity contribution in [1.29, 1.82) is 0 Å². The van der Waals surface area contributed by atoms with Crippen molar-refractivity contribution in [2.45, 2.75) is 166 Å². The van der Waals surface area contributed by atoms with Crippen LogP contribution >= 0.6 is 0 Å². The Morgan fingerprint density at radius 3 is 1.84 bits per heavy atom. The highest BCUT2D eigenvalue weighted by Gasteiger charge is 2.42. The van der Waals surface area contributed by atoms with E-state index >= 15 is 0 Å². The predicted molar refractivity (Wildman–Crippen MR) is 280 cm³/mol. The van der Waals surface area contributed by atoms with Crippen LogP contribution in [0.1, 0.15) is 110 Å². The van der Waals surface area contributed by atoms with Gasteiger partial charge in [0.2, 0.25) is 47.3 Å². The molecular formula is C51H80N14O11. The molecule has 3 heterocycles. The van der Waals surface area contributed by atoms with Crippen molar-refractivity contribution in [3.05, 3.63) is 54.1 Å². The molecule has 0 aliphatic carbocycles. The van der Waals surface area contributed by atoms with Crippen molar-refractivity contribution < 1.29 is 53.4 Å². The van der Waals surface area contributed by atoms with Crippen molar-refractivity contribution in [2.75, 3.05) is 26.2 Å². The first-order valence-corrected chi connectivity index (χ1v) is 26.2. The zero-order valence-electron chi connectivity index (χ0n) is 44.3. The summed E-state index contributed by atoms with van der Waals surface area (Å²) in [6, 6.07) is -2.06. The number of benzene rings is 1. The minimum Gasteiger partial charge on any atom is -0.480 e. The number of unbranched alkanes of at least 4 members (excludes halogenated alkanes) is 1. The fourth-order valence-electron chi connectivity index (χ4n) is 9.21. The molecule has 0 unspecified atom stereocenters. The lowest BCUT2D eigenvalue weighted by Gasteiger charge is -2.32. The molecule has 0 radical (unpaired) electrons. The van der Waals surface area contributed by atoms with Crippen LogP contribution in [0, 0.1) is 11.8 Å². The predicted octanol–water partition coefficient (Wildman–Crippen LogP) is -1.56. The second-order valence-electron chi connectivity index (χ2n) is 20.2. The van der Waals surface area contributed by atoms with Crippen molar-refractivity contribution in [1.82, 2.24) is 51.7 Å². The molecule has 1 aromatic heterocycles. The normalized spacial score (nSPS) is 18.1. The number of aliphatic imine (C=N–C) groups is 1. The number of likely N-dealkylation sites (tertiary alicyclic amines) is 2. The second kappa shape index (κ2) is 30.4. The fraction of sp³-hybridized carbons (Fsp3) is 0.627. The monoisotopic (exact) mass is 1060 g/mol. The number of carboxylic acid groups (broad SMARTS) is 1. The number of nitrogens with one attached hydrogen (secondary N) is 7. The number of amides is 8. The number of nitrogens with zero attached hydrogens (tertiary/aromatic N) is 4. The van der Waals surface area contributed by atoms with E-state index in [-0.39, 0.29) is 69.4 Å². The number of rotatable bonds is 30. The highest BCUT2D eigenvalue weighted by atomic mass is 16.4. The lowest BCUT2D eigenvalue weighted by Crippen LogP contribution is -2.61. The number of aromatic amines is 1. The summed E-state index contributed by atoms with van der Waals surface area (Å²) in [5.74, 6) is -7.79. The Labute approximate surface area is 443 Å². The molecule has 2 fully saturated rings. The van der Waals surface area contributed by atoms with Gasteiger partial charge >= 0.3 is 5.97 Å². The molecule has 4 rings (SSSR count). The third-order valence-electron chi connectivity index (χ3n) is 13.3. The van der Waals surface area contributed by atoms with Gasteiger partial charge in [0.05, 0.1) is 19.0 Å². The zero-order valence-corrected chi connectivity index (χ0v) is 44.3. The van der Waals surface area contributed by atoms with Crippen LogP contribution in [-0.2, 0) is 56.0 Å². The molecule has 0 bridgehead atoms. The standard InChI is InChI=1S/C51H80N14O11/c1-6-7-16-33(52)48(73)64-21-12-18-39(64)46(71)60-35(23-29(2)3)43(68)59-36(25-32-26-55-28-57-32)44(69)62-38(27-66)45(70)58-34(17-11-20-56-51(53)54)42(67)63-41(30(4)5)49(74)65-22-13-19-40(65)47(72)61-37(50(75)76)24-31-14-9-8-10-15-31/h8-10,14-15,26,28-30,33-41,66H,6-7,11-13,16-25,27,52H2,1-5H3,(H,55,57)(H,58,70)(H,59,68)(H,60,71)(H,61,72)(H,62,69)(H,63,67)(H,75,76)(H4,53,54,56)/t33-,34-,35-,36-,37-,38-,39-,40-,41-/m0/s1. The van der Waals surface area contributed by atoms with Gasteiger partial charge in [0.15, 0.2) is 5.96 Å². The van der Waals surface area contributed by atoms with E-state index in [4.69, 9.17) is 17.2 Å². The van der Waals surface area contributed by atoms with E-state index in [2.05, 4.69) is 46.9 Å². The number of aliphatic carboxylic acids is 1. The highest BCUT2D eigenvalue weighted by Crippen LogP contribution is 2.23. The number of imidazole rings is 1. The molecule has 9 atom stereocenters.